The van der Waals surface area contributed by atoms with E-state index < -0.39 is 0 Å². The van der Waals surface area contributed by atoms with Gasteiger partial charge < -0.3 is 15.0 Å². The Morgan fingerprint density at radius 2 is 2.11 bits per heavy atom. The predicted octanol–water partition coefficient (Wildman–Crippen LogP) is 2.53. The maximum atomic E-state index is 5.66. The van der Waals surface area contributed by atoms with Gasteiger partial charge in [-0.25, -0.2) is 0 Å². The first-order valence-electron chi connectivity index (χ1n) is 5.76. The van der Waals surface area contributed by atoms with Crippen LogP contribution in [0.15, 0.2) is 28.8 Å². The molecule has 0 aliphatic heterocycles. The van der Waals surface area contributed by atoms with E-state index in [1.54, 1.807) is 12.1 Å². The molecule has 0 unspecified atom stereocenters. The molecule has 0 radical (unpaired) electrons. The van der Waals surface area contributed by atoms with Crippen molar-refractivity contribution in [1.82, 2.24) is 10.1 Å². The van der Waals surface area contributed by atoms with Gasteiger partial charge in [-0.1, -0.05) is 32.0 Å². The number of rotatable bonds is 3. The Morgan fingerprint density at radius 3 is 2.72 bits per heavy atom. The van der Waals surface area contributed by atoms with Crippen molar-refractivity contribution in [1.29, 1.82) is 0 Å². The van der Waals surface area contributed by atoms with Crippen LogP contribution in [0.5, 0.6) is 5.75 Å². The van der Waals surface area contributed by atoms with Crippen molar-refractivity contribution in [2.45, 2.75) is 32.8 Å². The van der Waals surface area contributed by atoms with Crippen molar-refractivity contribution in [2.75, 3.05) is 5.73 Å². The smallest absolute Gasteiger partial charge is 0.264 e. The number of hydrogen-bond acceptors (Lipinski definition) is 5. The first kappa shape index (κ1) is 12.4. The van der Waals surface area contributed by atoms with Crippen molar-refractivity contribution >= 4 is 5.69 Å². The number of hydrogen-bond donors (Lipinski definition) is 1. The molecule has 0 aliphatic carbocycles. The first-order valence-corrected chi connectivity index (χ1v) is 5.76. The Labute approximate surface area is 106 Å². The number of nitrogens with zero attached hydrogens (tertiary/aromatic N) is 2. The quantitative estimate of drug-likeness (QED) is 0.843. The molecule has 18 heavy (non-hydrogen) atoms. The van der Waals surface area contributed by atoms with Gasteiger partial charge in [-0.2, -0.15) is 4.98 Å². The highest BCUT2D eigenvalue weighted by molar-refractivity contribution is 5.43. The third-order valence-corrected chi connectivity index (χ3v) is 2.36. The largest absolute Gasteiger partial charge is 0.484 e. The van der Waals surface area contributed by atoms with Crippen LogP contribution in [-0.2, 0) is 12.0 Å². The number of aromatic nitrogens is 2. The molecule has 1 heterocycles. The Bertz CT molecular complexity index is 529. The van der Waals surface area contributed by atoms with Crippen molar-refractivity contribution < 1.29 is 9.26 Å². The summed E-state index contributed by atoms with van der Waals surface area (Å²) in [6.45, 7) is 6.33. The Kier molecular flexibility index (Phi) is 3.23. The number of nitrogens with two attached hydrogens (primary N) is 1. The molecule has 0 saturated carbocycles. The van der Waals surface area contributed by atoms with Crippen LogP contribution in [0.4, 0.5) is 5.69 Å². The lowest BCUT2D eigenvalue weighted by atomic mass is 9.96. The van der Waals surface area contributed by atoms with Gasteiger partial charge in [0.2, 0.25) is 0 Å². The number of anilines is 1. The second-order valence-corrected chi connectivity index (χ2v) is 5.12. The van der Waals surface area contributed by atoms with E-state index in [1.165, 1.54) is 0 Å². The van der Waals surface area contributed by atoms with Gasteiger partial charge >= 0.3 is 0 Å². The van der Waals surface area contributed by atoms with E-state index in [2.05, 4.69) is 10.1 Å². The highest BCUT2D eigenvalue weighted by atomic mass is 16.5. The summed E-state index contributed by atoms with van der Waals surface area (Å²) in [6, 6.07) is 7.22. The van der Waals surface area contributed by atoms with E-state index in [0.29, 0.717) is 23.2 Å². The molecular weight excluding hydrogens is 230 g/mol. The molecule has 0 aliphatic rings. The van der Waals surface area contributed by atoms with E-state index in [1.807, 2.05) is 32.9 Å². The zero-order valence-electron chi connectivity index (χ0n) is 10.8. The van der Waals surface area contributed by atoms with Crippen LogP contribution >= 0.6 is 0 Å². The predicted molar refractivity (Wildman–Crippen MR) is 68.2 cm³/mol. The van der Waals surface area contributed by atoms with E-state index in [4.69, 9.17) is 15.0 Å². The molecule has 0 bridgehead atoms. The third-order valence-electron chi connectivity index (χ3n) is 2.36. The van der Waals surface area contributed by atoms with Crippen LogP contribution in [0.2, 0.25) is 0 Å². The molecule has 1 aromatic heterocycles. The fourth-order valence-electron chi connectivity index (χ4n) is 1.37. The summed E-state index contributed by atoms with van der Waals surface area (Å²) in [5.74, 6) is 1.82. The summed E-state index contributed by atoms with van der Waals surface area (Å²) in [4.78, 5) is 4.28. The number of benzene rings is 1. The molecule has 0 spiro atoms. The first-order chi connectivity index (χ1) is 8.45. The van der Waals surface area contributed by atoms with Crippen LogP contribution in [-0.4, -0.2) is 10.1 Å². The molecule has 0 fully saturated rings. The van der Waals surface area contributed by atoms with Crippen LogP contribution in [0.25, 0.3) is 0 Å². The second kappa shape index (κ2) is 4.68. The minimum atomic E-state index is -0.126. The summed E-state index contributed by atoms with van der Waals surface area (Å²) in [5, 5.41) is 3.93. The zero-order valence-corrected chi connectivity index (χ0v) is 10.8. The van der Waals surface area contributed by atoms with E-state index in [0.717, 1.165) is 0 Å². The van der Waals surface area contributed by atoms with Crippen molar-refractivity contribution in [3.8, 4) is 5.75 Å². The third kappa shape index (κ3) is 3.00. The van der Waals surface area contributed by atoms with Gasteiger partial charge in [0.15, 0.2) is 12.4 Å². The SMILES string of the molecule is CC(C)(C)c1noc(COc2cccc(N)c2)n1. The molecule has 5 nitrogen and oxygen atoms in total. The summed E-state index contributed by atoms with van der Waals surface area (Å²) in [6.07, 6.45) is 0. The van der Waals surface area contributed by atoms with Crippen molar-refractivity contribution in [2.24, 2.45) is 0 Å². The molecule has 0 atom stereocenters. The lowest BCUT2D eigenvalue weighted by Crippen LogP contribution is -2.13. The monoisotopic (exact) mass is 247 g/mol. The van der Waals surface area contributed by atoms with Gasteiger partial charge in [0.25, 0.3) is 5.89 Å². The molecule has 5 heteroatoms. The van der Waals surface area contributed by atoms with Crippen molar-refractivity contribution in [3.05, 3.63) is 36.0 Å². The topological polar surface area (TPSA) is 74.2 Å². The average molecular weight is 247 g/mol. The van der Waals surface area contributed by atoms with Crippen LogP contribution in [0, 0.1) is 0 Å². The molecule has 96 valence electrons. The Morgan fingerprint density at radius 1 is 1.33 bits per heavy atom. The minimum Gasteiger partial charge on any atom is -0.484 e. The molecule has 2 rings (SSSR count). The molecule has 2 N–H and O–H groups in total. The maximum absolute atomic E-state index is 5.66. The average Bonchev–Trinajstić information content (AvgIpc) is 2.74. The summed E-state index contributed by atoms with van der Waals surface area (Å²) >= 11 is 0. The fourth-order valence-corrected chi connectivity index (χ4v) is 1.37. The van der Waals surface area contributed by atoms with Gasteiger partial charge in [-0.05, 0) is 12.1 Å². The van der Waals surface area contributed by atoms with Gasteiger partial charge in [0.1, 0.15) is 5.75 Å². The normalized spacial score (nSPS) is 11.5. The number of nitrogen functional groups attached to an aromatic ring is 1. The molecular formula is C13H17N3O2. The summed E-state index contributed by atoms with van der Waals surface area (Å²) < 4.78 is 10.6. The van der Waals surface area contributed by atoms with E-state index in [-0.39, 0.29) is 12.0 Å². The summed E-state index contributed by atoms with van der Waals surface area (Å²) in [5.41, 5.74) is 6.19. The zero-order chi connectivity index (χ0) is 13.2. The molecule has 1 aromatic carbocycles. The van der Waals surface area contributed by atoms with Crippen molar-refractivity contribution in [3.63, 3.8) is 0 Å². The summed E-state index contributed by atoms with van der Waals surface area (Å²) in [7, 11) is 0. The fraction of sp³-hybridized carbons (Fsp3) is 0.385. The van der Waals surface area contributed by atoms with Crippen LogP contribution in [0.3, 0.4) is 0 Å². The lowest BCUT2D eigenvalue weighted by Gasteiger charge is -2.10. The highest BCUT2D eigenvalue weighted by Gasteiger charge is 2.20. The van der Waals surface area contributed by atoms with E-state index in [9.17, 15) is 0 Å². The molecule has 2 aromatic rings. The van der Waals surface area contributed by atoms with Gasteiger partial charge in [-0.3, -0.25) is 0 Å². The maximum Gasteiger partial charge on any atom is 0.264 e. The standard InChI is InChI=1S/C13H17N3O2/c1-13(2,3)12-15-11(18-16-12)8-17-10-6-4-5-9(14)7-10/h4-7H,8,14H2,1-3H3. The van der Waals surface area contributed by atoms with Crippen LogP contribution in [0.1, 0.15) is 32.5 Å². The lowest BCUT2D eigenvalue weighted by molar-refractivity contribution is 0.242. The minimum absolute atomic E-state index is 0.126. The van der Waals surface area contributed by atoms with Gasteiger partial charge in [-0.15, -0.1) is 0 Å². The second-order valence-electron chi connectivity index (χ2n) is 5.12. The number of ether oxygens (including phenoxy) is 1. The Balaban J connectivity index is 2.01. The van der Waals surface area contributed by atoms with E-state index >= 15 is 0 Å². The van der Waals surface area contributed by atoms with Crippen LogP contribution < -0.4 is 10.5 Å². The molecule has 0 amide bonds. The van der Waals surface area contributed by atoms with Gasteiger partial charge in [0.05, 0.1) is 0 Å². The highest BCUT2D eigenvalue weighted by Crippen LogP contribution is 2.19. The Hall–Kier alpha value is -2.04. The van der Waals surface area contributed by atoms with Gasteiger partial charge in [0, 0.05) is 17.2 Å². The molecule has 0 saturated heterocycles.